The lowest BCUT2D eigenvalue weighted by Gasteiger charge is -2.13. The van der Waals surface area contributed by atoms with Crippen LogP contribution >= 0.6 is 11.6 Å². The van der Waals surface area contributed by atoms with Crippen molar-refractivity contribution in [2.75, 3.05) is 0 Å². The molecule has 0 unspecified atom stereocenters. The van der Waals surface area contributed by atoms with E-state index in [0.29, 0.717) is 11.1 Å². The lowest BCUT2D eigenvalue weighted by Crippen LogP contribution is -2.07. The number of imidazole rings is 1. The number of halogens is 1. The van der Waals surface area contributed by atoms with Crippen molar-refractivity contribution in [1.29, 1.82) is 0 Å². The van der Waals surface area contributed by atoms with Crippen molar-refractivity contribution < 1.29 is 0 Å². The first-order valence-electron chi connectivity index (χ1n) is 5.76. The van der Waals surface area contributed by atoms with Crippen LogP contribution in [-0.4, -0.2) is 14.5 Å². The number of hydrogen-bond donors (Lipinski definition) is 0. The van der Waals surface area contributed by atoms with Gasteiger partial charge in [0.25, 0.3) is 0 Å². The van der Waals surface area contributed by atoms with Crippen LogP contribution in [-0.2, 0) is 0 Å². The Labute approximate surface area is 99.5 Å². The summed E-state index contributed by atoms with van der Waals surface area (Å²) in [6.07, 6.45) is 6.83. The summed E-state index contributed by atoms with van der Waals surface area (Å²) in [6.45, 7) is 2.05. The number of fused-ring (bicyclic) bond motifs is 1. The van der Waals surface area contributed by atoms with Crippen LogP contribution in [0.1, 0.15) is 37.5 Å². The Morgan fingerprint density at radius 1 is 1.38 bits per heavy atom. The lowest BCUT2D eigenvalue weighted by molar-refractivity contribution is 0.517. The fourth-order valence-electron chi connectivity index (χ4n) is 2.67. The van der Waals surface area contributed by atoms with Crippen LogP contribution in [0.3, 0.4) is 0 Å². The molecule has 0 bridgehead atoms. The molecule has 84 valence electrons. The monoisotopic (exact) mass is 235 g/mol. The van der Waals surface area contributed by atoms with Crippen molar-refractivity contribution in [2.24, 2.45) is 0 Å². The Hall–Kier alpha value is -1.09. The Balaban J connectivity index is 2.18. The first kappa shape index (κ1) is 10.1. The van der Waals surface area contributed by atoms with Crippen molar-refractivity contribution >= 4 is 22.8 Å². The highest BCUT2D eigenvalue weighted by atomic mass is 35.5. The van der Waals surface area contributed by atoms with Gasteiger partial charge in [-0.05, 0) is 25.8 Å². The third kappa shape index (κ3) is 1.50. The average molecular weight is 236 g/mol. The topological polar surface area (TPSA) is 30.7 Å². The summed E-state index contributed by atoms with van der Waals surface area (Å²) in [6, 6.07) is 2.47. The van der Waals surface area contributed by atoms with E-state index in [0.717, 1.165) is 17.0 Å². The predicted octanol–water partition coefficient (Wildman–Crippen LogP) is 3.51. The van der Waals surface area contributed by atoms with E-state index in [-0.39, 0.29) is 0 Å². The highest BCUT2D eigenvalue weighted by molar-refractivity contribution is 6.31. The molecule has 2 aromatic rings. The summed E-state index contributed by atoms with van der Waals surface area (Å²) in [5, 5.41) is 0.656. The minimum Gasteiger partial charge on any atom is -0.310 e. The number of aryl methyl sites for hydroxylation is 1. The van der Waals surface area contributed by atoms with Crippen LogP contribution in [0, 0.1) is 6.92 Å². The summed E-state index contributed by atoms with van der Waals surface area (Å²) in [7, 11) is 0. The van der Waals surface area contributed by atoms with Gasteiger partial charge in [0.2, 0.25) is 0 Å². The molecule has 1 fully saturated rings. The molecule has 0 amide bonds. The third-order valence-corrected chi connectivity index (χ3v) is 3.57. The fourth-order valence-corrected chi connectivity index (χ4v) is 2.82. The van der Waals surface area contributed by atoms with Crippen LogP contribution < -0.4 is 0 Å². The Morgan fingerprint density at radius 2 is 2.12 bits per heavy atom. The molecule has 0 spiro atoms. The Bertz CT molecular complexity index is 526. The summed E-state index contributed by atoms with van der Waals surface area (Å²) in [5.74, 6) is 1.05. The van der Waals surface area contributed by atoms with Crippen molar-refractivity contribution in [1.82, 2.24) is 14.5 Å². The minimum absolute atomic E-state index is 0.582. The molecule has 0 saturated heterocycles. The molecule has 0 N–H and O–H groups in total. The molecule has 0 aromatic carbocycles. The van der Waals surface area contributed by atoms with E-state index in [1.54, 1.807) is 6.20 Å². The van der Waals surface area contributed by atoms with Crippen molar-refractivity contribution in [3.05, 3.63) is 23.1 Å². The van der Waals surface area contributed by atoms with Crippen molar-refractivity contribution in [3.8, 4) is 0 Å². The van der Waals surface area contributed by atoms with Gasteiger partial charge in [0.05, 0.1) is 5.02 Å². The molecule has 3 rings (SSSR count). The van der Waals surface area contributed by atoms with E-state index in [1.807, 2.05) is 13.0 Å². The number of nitrogens with zero attached hydrogens (tertiary/aromatic N) is 3. The van der Waals surface area contributed by atoms with Crippen LogP contribution in [0.25, 0.3) is 11.2 Å². The van der Waals surface area contributed by atoms with E-state index in [4.69, 9.17) is 11.6 Å². The number of aromatic nitrogens is 3. The summed E-state index contributed by atoms with van der Waals surface area (Å²) in [4.78, 5) is 8.95. The normalized spacial score (nSPS) is 17.4. The lowest BCUT2D eigenvalue weighted by atomic mass is 10.2. The second-order valence-electron chi connectivity index (χ2n) is 4.46. The standard InChI is InChI=1S/C12H14ClN3/c1-8-15-11-6-9(13)7-14-12(11)16(8)10-4-2-3-5-10/h6-7,10H,2-5H2,1H3. The van der Waals surface area contributed by atoms with Gasteiger partial charge in [0.1, 0.15) is 11.3 Å². The molecule has 3 nitrogen and oxygen atoms in total. The second-order valence-corrected chi connectivity index (χ2v) is 4.90. The maximum Gasteiger partial charge on any atom is 0.160 e. The first-order chi connectivity index (χ1) is 7.75. The largest absolute Gasteiger partial charge is 0.310 e. The predicted molar refractivity (Wildman–Crippen MR) is 64.8 cm³/mol. The quantitative estimate of drug-likeness (QED) is 0.757. The van der Waals surface area contributed by atoms with Crippen LogP contribution in [0.2, 0.25) is 5.02 Å². The molecule has 0 atom stereocenters. The van der Waals surface area contributed by atoms with Gasteiger partial charge in [-0.25, -0.2) is 9.97 Å². The molecule has 1 aliphatic rings. The number of rotatable bonds is 1. The Kier molecular flexibility index (Phi) is 2.36. The van der Waals surface area contributed by atoms with Crippen LogP contribution in [0.15, 0.2) is 12.3 Å². The zero-order chi connectivity index (χ0) is 11.1. The first-order valence-corrected chi connectivity index (χ1v) is 6.13. The highest BCUT2D eigenvalue weighted by Crippen LogP contribution is 2.33. The molecule has 1 aliphatic carbocycles. The molecule has 0 aliphatic heterocycles. The smallest absolute Gasteiger partial charge is 0.160 e. The van der Waals surface area contributed by atoms with Gasteiger partial charge in [-0.1, -0.05) is 24.4 Å². The Morgan fingerprint density at radius 3 is 2.88 bits per heavy atom. The van der Waals surface area contributed by atoms with Gasteiger partial charge in [-0.3, -0.25) is 0 Å². The van der Waals surface area contributed by atoms with Crippen molar-refractivity contribution in [2.45, 2.75) is 38.6 Å². The molecule has 2 heterocycles. The molecule has 1 saturated carbocycles. The molecule has 0 radical (unpaired) electrons. The zero-order valence-corrected chi connectivity index (χ0v) is 10.0. The van der Waals surface area contributed by atoms with Gasteiger partial charge in [-0.2, -0.15) is 0 Å². The summed E-state index contributed by atoms with van der Waals surface area (Å²) >= 11 is 5.93. The van der Waals surface area contributed by atoms with Gasteiger partial charge in [0.15, 0.2) is 5.65 Å². The van der Waals surface area contributed by atoms with Gasteiger partial charge < -0.3 is 4.57 Å². The number of hydrogen-bond acceptors (Lipinski definition) is 2. The molecule has 2 aromatic heterocycles. The van der Waals surface area contributed by atoms with E-state index in [1.165, 1.54) is 25.7 Å². The second kappa shape index (κ2) is 3.74. The SMILES string of the molecule is Cc1nc2cc(Cl)cnc2n1C1CCCC1. The van der Waals surface area contributed by atoms with E-state index >= 15 is 0 Å². The van der Waals surface area contributed by atoms with Crippen LogP contribution in [0.5, 0.6) is 0 Å². The third-order valence-electron chi connectivity index (χ3n) is 3.36. The summed E-state index contributed by atoms with van der Waals surface area (Å²) < 4.78 is 2.28. The molecule has 16 heavy (non-hydrogen) atoms. The van der Waals surface area contributed by atoms with E-state index in [2.05, 4.69) is 14.5 Å². The zero-order valence-electron chi connectivity index (χ0n) is 9.28. The average Bonchev–Trinajstić information content (AvgIpc) is 2.83. The van der Waals surface area contributed by atoms with Gasteiger partial charge >= 0.3 is 0 Å². The van der Waals surface area contributed by atoms with Gasteiger partial charge in [-0.15, -0.1) is 0 Å². The highest BCUT2D eigenvalue weighted by Gasteiger charge is 2.21. The maximum absolute atomic E-state index is 5.93. The van der Waals surface area contributed by atoms with Crippen molar-refractivity contribution in [3.63, 3.8) is 0 Å². The van der Waals surface area contributed by atoms with Crippen LogP contribution in [0.4, 0.5) is 0 Å². The van der Waals surface area contributed by atoms with Gasteiger partial charge in [0, 0.05) is 12.2 Å². The molecule has 4 heteroatoms. The van der Waals surface area contributed by atoms with E-state index in [9.17, 15) is 0 Å². The molecular weight excluding hydrogens is 222 g/mol. The van der Waals surface area contributed by atoms with E-state index < -0.39 is 0 Å². The number of pyridine rings is 1. The molecular formula is C12H14ClN3. The minimum atomic E-state index is 0.582. The maximum atomic E-state index is 5.93. The summed E-state index contributed by atoms with van der Waals surface area (Å²) in [5.41, 5.74) is 1.89. The fraction of sp³-hybridized carbons (Fsp3) is 0.500.